The van der Waals surface area contributed by atoms with Crippen LogP contribution in [-0.2, 0) is 16.3 Å². The quantitative estimate of drug-likeness (QED) is 0.469. The third kappa shape index (κ3) is 4.73. The van der Waals surface area contributed by atoms with Crippen molar-refractivity contribution in [3.05, 3.63) is 47.2 Å². The van der Waals surface area contributed by atoms with Crippen molar-refractivity contribution in [3.8, 4) is 11.3 Å². The number of hydrogen-bond donors (Lipinski definition) is 0. The highest BCUT2D eigenvalue weighted by Gasteiger charge is 2.33. The average Bonchev–Trinajstić information content (AvgIpc) is 3.37. The second-order valence-electron chi connectivity index (χ2n) is 9.13. The molecular formula is C26H34N4O3S. The van der Waals surface area contributed by atoms with Crippen LogP contribution in [0.1, 0.15) is 67.7 Å². The monoisotopic (exact) mass is 482 g/mol. The van der Waals surface area contributed by atoms with Gasteiger partial charge in [-0.25, -0.2) is 18.1 Å². The average molecular weight is 483 g/mol. The molecule has 1 saturated heterocycles. The maximum atomic E-state index is 13.7. The van der Waals surface area contributed by atoms with Crippen molar-refractivity contribution in [2.75, 3.05) is 24.6 Å². The number of unbranched alkanes of at least 4 members (excludes halogenated alkanes) is 1. The molecule has 1 aromatic carbocycles. The predicted octanol–water partition coefficient (Wildman–Crippen LogP) is 4.59. The van der Waals surface area contributed by atoms with Gasteiger partial charge in [0.15, 0.2) is 15.5 Å². The predicted molar refractivity (Wildman–Crippen MR) is 136 cm³/mol. The van der Waals surface area contributed by atoms with E-state index in [-0.39, 0.29) is 23.5 Å². The standard InChI is InChI=1S/C26H34N4O3S/c1-5-8-14-29(7-3)26(31)22-16-23(20-11-9-19(6-2)10-12-20)27-25-24(22)18(4)28-30(25)21-13-15-34(32,33)17-21/h9-12,16,21H,5-8,13-15,17H2,1-4H3. The van der Waals surface area contributed by atoms with E-state index in [0.29, 0.717) is 42.1 Å². The smallest absolute Gasteiger partial charge is 0.254 e. The van der Waals surface area contributed by atoms with Crippen LogP contribution in [0.5, 0.6) is 0 Å². The van der Waals surface area contributed by atoms with Gasteiger partial charge in [-0.3, -0.25) is 4.79 Å². The van der Waals surface area contributed by atoms with Gasteiger partial charge in [-0.15, -0.1) is 0 Å². The number of amides is 1. The van der Waals surface area contributed by atoms with Crippen LogP contribution in [0.2, 0.25) is 0 Å². The van der Waals surface area contributed by atoms with Gasteiger partial charge >= 0.3 is 0 Å². The van der Waals surface area contributed by atoms with Crippen LogP contribution < -0.4 is 0 Å². The largest absolute Gasteiger partial charge is 0.339 e. The fraction of sp³-hybridized carbons (Fsp3) is 0.500. The van der Waals surface area contributed by atoms with Crippen LogP contribution >= 0.6 is 0 Å². The minimum atomic E-state index is -3.09. The minimum Gasteiger partial charge on any atom is -0.339 e. The number of fused-ring (bicyclic) bond motifs is 1. The lowest BCUT2D eigenvalue weighted by atomic mass is 10.0. The molecule has 4 rings (SSSR count). The first-order valence-corrected chi connectivity index (χ1v) is 14.1. The van der Waals surface area contributed by atoms with Crippen LogP contribution in [0.4, 0.5) is 0 Å². The van der Waals surface area contributed by atoms with E-state index in [4.69, 9.17) is 10.1 Å². The number of sulfone groups is 1. The molecule has 0 N–H and O–H groups in total. The highest BCUT2D eigenvalue weighted by molar-refractivity contribution is 7.91. The summed E-state index contributed by atoms with van der Waals surface area (Å²) in [5, 5.41) is 5.43. The zero-order valence-corrected chi connectivity index (χ0v) is 21.4. The van der Waals surface area contributed by atoms with Crippen LogP contribution in [0.3, 0.4) is 0 Å². The molecule has 0 aliphatic carbocycles. The van der Waals surface area contributed by atoms with Gasteiger partial charge in [0.05, 0.1) is 39.9 Å². The first-order valence-electron chi connectivity index (χ1n) is 12.3. The van der Waals surface area contributed by atoms with Crippen molar-refractivity contribution in [2.24, 2.45) is 0 Å². The number of aromatic nitrogens is 3. The van der Waals surface area contributed by atoms with Gasteiger partial charge in [-0.1, -0.05) is 44.5 Å². The third-order valence-electron chi connectivity index (χ3n) is 6.73. The number of hydrogen-bond acceptors (Lipinski definition) is 5. The Kier molecular flexibility index (Phi) is 7.07. The lowest BCUT2D eigenvalue weighted by Gasteiger charge is -2.21. The Labute approximate surface area is 202 Å². The molecular weight excluding hydrogens is 448 g/mol. The summed E-state index contributed by atoms with van der Waals surface area (Å²) in [6.07, 6.45) is 3.41. The molecule has 1 fully saturated rings. The van der Waals surface area contributed by atoms with Crippen LogP contribution in [0.15, 0.2) is 30.3 Å². The SMILES string of the molecule is CCCCN(CC)C(=O)c1cc(-c2ccc(CC)cc2)nc2c1c(C)nn2C1CCS(=O)(=O)C1. The van der Waals surface area contributed by atoms with E-state index in [1.165, 1.54) is 5.56 Å². The second-order valence-corrected chi connectivity index (χ2v) is 11.4. The number of rotatable bonds is 8. The molecule has 1 amide bonds. The maximum absolute atomic E-state index is 13.7. The highest BCUT2D eigenvalue weighted by atomic mass is 32.2. The van der Waals surface area contributed by atoms with E-state index in [9.17, 15) is 13.2 Å². The van der Waals surface area contributed by atoms with Crippen molar-refractivity contribution in [1.82, 2.24) is 19.7 Å². The molecule has 1 aliphatic heterocycles. The Balaban J connectivity index is 1.90. The molecule has 0 bridgehead atoms. The fourth-order valence-electron chi connectivity index (χ4n) is 4.69. The first-order chi connectivity index (χ1) is 16.3. The number of carbonyl (C=O) groups excluding carboxylic acids is 1. The fourth-order valence-corrected chi connectivity index (χ4v) is 6.38. The normalized spacial score (nSPS) is 17.4. The Bertz CT molecular complexity index is 1300. The summed E-state index contributed by atoms with van der Waals surface area (Å²) in [5.41, 5.74) is 4.74. The summed E-state index contributed by atoms with van der Waals surface area (Å²) in [6, 6.07) is 9.83. The van der Waals surface area contributed by atoms with Crippen molar-refractivity contribution in [1.29, 1.82) is 0 Å². The Morgan fingerprint density at radius 2 is 1.91 bits per heavy atom. The van der Waals surface area contributed by atoms with E-state index in [0.717, 1.165) is 30.2 Å². The Morgan fingerprint density at radius 1 is 1.18 bits per heavy atom. The molecule has 3 heterocycles. The van der Waals surface area contributed by atoms with E-state index < -0.39 is 9.84 Å². The lowest BCUT2D eigenvalue weighted by molar-refractivity contribution is 0.0764. The molecule has 0 saturated carbocycles. The lowest BCUT2D eigenvalue weighted by Crippen LogP contribution is -2.32. The molecule has 1 atom stereocenters. The molecule has 1 aliphatic rings. The van der Waals surface area contributed by atoms with Gasteiger partial charge in [0, 0.05) is 18.7 Å². The number of pyridine rings is 1. The zero-order chi connectivity index (χ0) is 24.5. The van der Waals surface area contributed by atoms with Crippen molar-refractivity contribution < 1.29 is 13.2 Å². The Morgan fingerprint density at radius 3 is 2.50 bits per heavy atom. The summed E-state index contributed by atoms with van der Waals surface area (Å²) < 4.78 is 26.1. The van der Waals surface area contributed by atoms with Gasteiger partial charge in [-0.05, 0) is 44.7 Å². The third-order valence-corrected chi connectivity index (χ3v) is 8.48. The number of benzene rings is 1. The number of nitrogens with zero attached hydrogens (tertiary/aromatic N) is 4. The van der Waals surface area contributed by atoms with Gasteiger partial charge in [0.1, 0.15) is 0 Å². The maximum Gasteiger partial charge on any atom is 0.254 e. The first kappa shape index (κ1) is 24.4. The summed E-state index contributed by atoms with van der Waals surface area (Å²) in [6.45, 7) is 9.42. The highest BCUT2D eigenvalue weighted by Crippen LogP contribution is 2.32. The van der Waals surface area contributed by atoms with E-state index >= 15 is 0 Å². The molecule has 3 aromatic rings. The van der Waals surface area contributed by atoms with Gasteiger partial charge in [0.2, 0.25) is 0 Å². The van der Waals surface area contributed by atoms with E-state index in [2.05, 4.69) is 26.0 Å². The van der Waals surface area contributed by atoms with E-state index in [1.54, 1.807) is 4.68 Å². The molecule has 1 unspecified atom stereocenters. The van der Waals surface area contributed by atoms with Crippen LogP contribution in [0, 0.1) is 6.92 Å². The molecule has 34 heavy (non-hydrogen) atoms. The van der Waals surface area contributed by atoms with Gasteiger partial charge in [0.25, 0.3) is 5.91 Å². The molecule has 7 nitrogen and oxygen atoms in total. The van der Waals surface area contributed by atoms with Crippen molar-refractivity contribution in [2.45, 2.75) is 59.4 Å². The summed E-state index contributed by atoms with van der Waals surface area (Å²) in [7, 11) is -3.09. The van der Waals surface area contributed by atoms with Crippen molar-refractivity contribution >= 4 is 26.8 Å². The van der Waals surface area contributed by atoms with Crippen LogP contribution in [0.25, 0.3) is 22.3 Å². The Hall–Kier alpha value is -2.74. The molecule has 0 radical (unpaired) electrons. The molecule has 0 spiro atoms. The summed E-state index contributed by atoms with van der Waals surface area (Å²) in [5.74, 6) is 0.181. The molecule has 182 valence electrons. The van der Waals surface area contributed by atoms with Gasteiger partial charge < -0.3 is 4.90 Å². The molecule has 2 aromatic heterocycles. The summed E-state index contributed by atoms with van der Waals surface area (Å²) in [4.78, 5) is 20.5. The van der Waals surface area contributed by atoms with Crippen LogP contribution in [-0.4, -0.2) is 58.6 Å². The number of carbonyl (C=O) groups is 1. The zero-order valence-electron chi connectivity index (χ0n) is 20.5. The summed E-state index contributed by atoms with van der Waals surface area (Å²) >= 11 is 0. The minimum absolute atomic E-state index is 0.0310. The van der Waals surface area contributed by atoms with E-state index in [1.807, 2.05) is 36.9 Å². The molecule has 8 heteroatoms. The topological polar surface area (TPSA) is 85.2 Å². The van der Waals surface area contributed by atoms with Crippen molar-refractivity contribution in [3.63, 3.8) is 0 Å². The van der Waals surface area contributed by atoms with Gasteiger partial charge in [-0.2, -0.15) is 5.10 Å². The second kappa shape index (κ2) is 9.86. The number of aryl methyl sites for hydroxylation is 2.